The van der Waals surface area contributed by atoms with Crippen LogP contribution in [0.15, 0.2) is 0 Å². The van der Waals surface area contributed by atoms with E-state index in [4.69, 9.17) is 6.42 Å². The molecule has 0 spiro atoms. The van der Waals surface area contributed by atoms with E-state index < -0.39 is 15.9 Å². The first kappa shape index (κ1) is 14.0. The van der Waals surface area contributed by atoms with E-state index in [-0.39, 0.29) is 30.0 Å². The predicted octanol–water partition coefficient (Wildman–Crippen LogP) is -0.709. The van der Waals surface area contributed by atoms with E-state index in [0.29, 0.717) is 6.42 Å². The molecular formula is C11H18N2O3S. The van der Waals surface area contributed by atoms with E-state index in [1.165, 1.54) is 0 Å². The summed E-state index contributed by atoms with van der Waals surface area (Å²) in [5.74, 6) is 2.48. The highest BCUT2D eigenvalue weighted by Gasteiger charge is 2.26. The molecular weight excluding hydrogens is 240 g/mol. The zero-order valence-electron chi connectivity index (χ0n) is 9.90. The second-order valence-electron chi connectivity index (χ2n) is 4.26. The lowest BCUT2D eigenvalue weighted by molar-refractivity contribution is -0.122. The molecule has 0 radical (unpaired) electrons. The third kappa shape index (κ3) is 4.75. The minimum atomic E-state index is -2.95. The van der Waals surface area contributed by atoms with E-state index in [1.807, 2.05) is 0 Å². The van der Waals surface area contributed by atoms with Gasteiger partial charge in [-0.25, -0.2) is 8.42 Å². The fraction of sp³-hybridized carbons (Fsp3) is 0.727. The van der Waals surface area contributed by atoms with Gasteiger partial charge in [0, 0.05) is 6.04 Å². The number of carbonyl (C=O) groups excluding carboxylic acids is 1. The number of amides is 1. The van der Waals surface area contributed by atoms with Crippen molar-refractivity contribution < 1.29 is 13.2 Å². The summed E-state index contributed by atoms with van der Waals surface area (Å²) in [6.07, 6.45) is 6.47. The molecule has 96 valence electrons. The molecule has 6 heteroatoms. The minimum Gasteiger partial charge on any atom is -0.344 e. The molecule has 1 heterocycles. The standard InChI is InChI=1S/C11H18N2O3S/c1-3-6-12-11(14)9(2)13-10-5-4-7-17(15,16)8-10/h1,9-10,13H,4-8H2,2H3,(H,12,14). The van der Waals surface area contributed by atoms with Gasteiger partial charge >= 0.3 is 0 Å². The quantitative estimate of drug-likeness (QED) is 0.653. The summed E-state index contributed by atoms with van der Waals surface area (Å²) in [4.78, 5) is 11.5. The van der Waals surface area contributed by atoms with E-state index in [9.17, 15) is 13.2 Å². The number of hydrogen-bond donors (Lipinski definition) is 2. The summed E-state index contributed by atoms with van der Waals surface area (Å²) < 4.78 is 22.8. The van der Waals surface area contributed by atoms with E-state index in [0.717, 1.165) is 6.42 Å². The van der Waals surface area contributed by atoms with Gasteiger partial charge in [0.2, 0.25) is 5.91 Å². The van der Waals surface area contributed by atoms with Crippen molar-refractivity contribution in [3.8, 4) is 12.3 Å². The van der Waals surface area contributed by atoms with Crippen molar-refractivity contribution in [1.82, 2.24) is 10.6 Å². The van der Waals surface area contributed by atoms with Crippen LogP contribution in [0.3, 0.4) is 0 Å². The van der Waals surface area contributed by atoms with Gasteiger partial charge in [-0.1, -0.05) is 5.92 Å². The Balaban J connectivity index is 2.43. The highest BCUT2D eigenvalue weighted by molar-refractivity contribution is 7.91. The number of carbonyl (C=O) groups is 1. The van der Waals surface area contributed by atoms with E-state index >= 15 is 0 Å². The van der Waals surface area contributed by atoms with Gasteiger partial charge in [0.15, 0.2) is 9.84 Å². The number of hydrogen-bond acceptors (Lipinski definition) is 4. The van der Waals surface area contributed by atoms with Crippen molar-refractivity contribution in [2.24, 2.45) is 0 Å². The molecule has 1 amide bonds. The Morgan fingerprint density at radius 3 is 2.88 bits per heavy atom. The maximum atomic E-state index is 11.5. The highest BCUT2D eigenvalue weighted by Crippen LogP contribution is 2.12. The lowest BCUT2D eigenvalue weighted by Crippen LogP contribution is -2.50. The molecule has 1 saturated heterocycles. The van der Waals surface area contributed by atoms with Crippen LogP contribution in [0.2, 0.25) is 0 Å². The van der Waals surface area contributed by atoms with Gasteiger partial charge in [-0.3, -0.25) is 4.79 Å². The van der Waals surface area contributed by atoms with Crippen LogP contribution in [0.1, 0.15) is 19.8 Å². The Bertz CT molecular complexity index is 411. The molecule has 0 bridgehead atoms. The van der Waals surface area contributed by atoms with Crippen LogP contribution < -0.4 is 10.6 Å². The second-order valence-corrected chi connectivity index (χ2v) is 6.49. The fourth-order valence-corrected chi connectivity index (χ4v) is 3.52. The number of terminal acetylenes is 1. The van der Waals surface area contributed by atoms with Crippen molar-refractivity contribution in [1.29, 1.82) is 0 Å². The maximum absolute atomic E-state index is 11.5. The average Bonchev–Trinajstić information content (AvgIpc) is 2.24. The van der Waals surface area contributed by atoms with Gasteiger partial charge in [0.05, 0.1) is 24.1 Å². The number of rotatable bonds is 4. The van der Waals surface area contributed by atoms with Gasteiger partial charge in [-0.05, 0) is 19.8 Å². The van der Waals surface area contributed by atoms with E-state index in [1.54, 1.807) is 6.92 Å². The Labute approximate surface area is 102 Å². The van der Waals surface area contributed by atoms with Crippen LogP contribution >= 0.6 is 0 Å². The molecule has 1 aliphatic heterocycles. The Morgan fingerprint density at radius 2 is 2.29 bits per heavy atom. The van der Waals surface area contributed by atoms with Crippen molar-refractivity contribution in [2.45, 2.75) is 31.8 Å². The third-order valence-electron chi connectivity index (χ3n) is 2.71. The number of nitrogens with one attached hydrogen (secondary N) is 2. The molecule has 0 aromatic heterocycles. The molecule has 1 rings (SSSR count). The molecule has 2 atom stereocenters. The van der Waals surface area contributed by atoms with E-state index in [2.05, 4.69) is 16.6 Å². The van der Waals surface area contributed by atoms with Gasteiger partial charge in [0.25, 0.3) is 0 Å². The largest absolute Gasteiger partial charge is 0.344 e. The van der Waals surface area contributed by atoms with Crippen molar-refractivity contribution >= 4 is 15.7 Å². The Morgan fingerprint density at radius 1 is 1.59 bits per heavy atom. The number of sulfone groups is 1. The first-order valence-corrected chi connectivity index (χ1v) is 7.44. The predicted molar refractivity (Wildman–Crippen MR) is 66.1 cm³/mol. The monoisotopic (exact) mass is 258 g/mol. The summed E-state index contributed by atoms with van der Waals surface area (Å²) >= 11 is 0. The molecule has 5 nitrogen and oxygen atoms in total. The van der Waals surface area contributed by atoms with Crippen molar-refractivity contribution in [3.05, 3.63) is 0 Å². The average molecular weight is 258 g/mol. The summed E-state index contributed by atoms with van der Waals surface area (Å²) in [6.45, 7) is 1.89. The van der Waals surface area contributed by atoms with Gasteiger partial charge < -0.3 is 10.6 Å². The Hall–Kier alpha value is -1.06. The second kappa shape index (κ2) is 6.03. The summed E-state index contributed by atoms with van der Waals surface area (Å²) in [5, 5.41) is 5.58. The van der Waals surface area contributed by atoms with Crippen molar-refractivity contribution in [3.63, 3.8) is 0 Å². The summed E-state index contributed by atoms with van der Waals surface area (Å²) in [6, 6.07) is -0.568. The topological polar surface area (TPSA) is 75.3 Å². The minimum absolute atomic E-state index is 0.111. The molecule has 2 N–H and O–H groups in total. The van der Waals surface area contributed by atoms with Crippen molar-refractivity contribution in [2.75, 3.05) is 18.1 Å². The molecule has 1 fully saturated rings. The van der Waals surface area contributed by atoms with Crippen LogP contribution in [-0.2, 0) is 14.6 Å². The summed E-state index contributed by atoms with van der Waals surface area (Å²) in [5.41, 5.74) is 0. The SMILES string of the molecule is C#CCNC(=O)C(C)NC1CCCS(=O)(=O)C1. The van der Waals surface area contributed by atoms with Crippen LogP contribution in [0.4, 0.5) is 0 Å². The van der Waals surface area contributed by atoms with Crippen LogP contribution in [-0.4, -0.2) is 44.5 Å². The molecule has 17 heavy (non-hydrogen) atoms. The van der Waals surface area contributed by atoms with Crippen LogP contribution in [0.25, 0.3) is 0 Å². The molecule has 0 aromatic carbocycles. The first-order valence-electron chi connectivity index (χ1n) is 5.62. The smallest absolute Gasteiger partial charge is 0.237 e. The Kier molecular flexibility index (Phi) is 4.97. The molecule has 2 unspecified atom stereocenters. The lowest BCUT2D eigenvalue weighted by atomic mass is 10.1. The zero-order valence-corrected chi connectivity index (χ0v) is 10.7. The summed E-state index contributed by atoms with van der Waals surface area (Å²) in [7, 11) is -2.95. The van der Waals surface area contributed by atoms with Gasteiger partial charge in [-0.15, -0.1) is 6.42 Å². The molecule has 0 saturated carbocycles. The molecule has 0 aromatic rings. The van der Waals surface area contributed by atoms with Gasteiger partial charge in [-0.2, -0.15) is 0 Å². The highest BCUT2D eigenvalue weighted by atomic mass is 32.2. The third-order valence-corrected chi connectivity index (χ3v) is 4.53. The van der Waals surface area contributed by atoms with Crippen LogP contribution in [0.5, 0.6) is 0 Å². The first-order chi connectivity index (χ1) is 7.94. The lowest BCUT2D eigenvalue weighted by Gasteiger charge is -2.25. The fourth-order valence-electron chi connectivity index (χ4n) is 1.87. The molecule has 1 aliphatic rings. The zero-order chi connectivity index (χ0) is 12.9. The normalized spacial score (nSPS) is 24.6. The maximum Gasteiger partial charge on any atom is 0.237 e. The van der Waals surface area contributed by atoms with Gasteiger partial charge in [0.1, 0.15) is 0 Å². The molecule has 0 aliphatic carbocycles. The van der Waals surface area contributed by atoms with Crippen LogP contribution in [0, 0.1) is 12.3 Å².